The van der Waals surface area contributed by atoms with Crippen molar-refractivity contribution in [3.63, 3.8) is 0 Å². The number of hydrogen-bond donors (Lipinski definition) is 2. The summed E-state index contributed by atoms with van der Waals surface area (Å²) >= 11 is 0. The Balaban J connectivity index is 3.61. The maximum absolute atomic E-state index is 11.6. The summed E-state index contributed by atoms with van der Waals surface area (Å²) in [6.45, 7) is 6.39. The van der Waals surface area contributed by atoms with Crippen molar-refractivity contribution in [1.82, 2.24) is 10.2 Å². The van der Waals surface area contributed by atoms with Gasteiger partial charge in [-0.05, 0) is 33.2 Å². The third-order valence-electron chi connectivity index (χ3n) is 2.64. The minimum absolute atomic E-state index is 0.00537. The van der Waals surface area contributed by atoms with Crippen LogP contribution < -0.4 is 11.1 Å². The lowest BCUT2D eigenvalue weighted by Gasteiger charge is -2.18. The van der Waals surface area contributed by atoms with Crippen LogP contribution in [-0.2, 0) is 9.59 Å². The standard InChI is InChI=1S/C12H25N3O2/c1-3-15(4-2)12(17)8-10-14-11(16)7-5-6-9-13/h3-10,13H2,1-2H3,(H,14,16). The number of amides is 2. The van der Waals surface area contributed by atoms with Gasteiger partial charge in [0.1, 0.15) is 0 Å². The highest BCUT2D eigenvalue weighted by atomic mass is 16.2. The number of nitrogens with zero attached hydrogens (tertiary/aromatic N) is 1. The second kappa shape index (κ2) is 10.1. The fourth-order valence-electron chi connectivity index (χ4n) is 1.56. The van der Waals surface area contributed by atoms with E-state index in [4.69, 9.17) is 5.73 Å². The fraction of sp³-hybridized carbons (Fsp3) is 0.833. The van der Waals surface area contributed by atoms with Crippen LogP contribution in [0.25, 0.3) is 0 Å². The summed E-state index contributed by atoms with van der Waals surface area (Å²) in [6, 6.07) is 0. The SMILES string of the molecule is CCN(CC)C(=O)CCNC(=O)CCCCN. The van der Waals surface area contributed by atoms with E-state index >= 15 is 0 Å². The van der Waals surface area contributed by atoms with Crippen molar-refractivity contribution in [2.24, 2.45) is 5.73 Å². The van der Waals surface area contributed by atoms with E-state index in [1.807, 2.05) is 13.8 Å². The number of carbonyl (C=O) groups excluding carboxylic acids is 2. The predicted octanol–water partition coefficient (Wildman–Crippen LogP) is 0.490. The molecule has 0 aliphatic rings. The Morgan fingerprint density at radius 1 is 1.12 bits per heavy atom. The van der Waals surface area contributed by atoms with Crippen LogP contribution in [-0.4, -0.2) is 42.9 Å². The average molecular weight is 243 g/mol. The lowest BCUT2D eigenvalue weighted by Crippen LogP contribution is -2.34. The highest BCUT2D eigenvalue weighted by Gasteiger charge is 2.09. The van der Waals surface area contributed by atoms with E-state index in [0.717, 1.165) is 25.9 Å². The zero-order chi connectivity index (χ0) is 13.1. The van der Waals surface area contributed by atoms with Crippen LogP contribution in [0, 0.1) is 0 Å². The number of unbranched alkanes of at least 4 members (excludes halogenated alkanes) is 1. The molecule has 0 radical (unpaired) electrons. The molecular weight excluding hydrogens is 218 g/mol. The van der Waals surface area contributed by atoms with Gasteiger partial charge >= 0.3 is 0 Å². The van der Waals surface area contributed by atoms with Gasteiger partial charge in [0.15, 0.2) is 0 Å². The summed E-state index contributed by atoms with van der Waals surface area (Å²) in [7, 11) is 0. The molecule has 0 bridgehead atoms. The number of rotatable bonds is 9. The molecule has 3 N–H and O–H groups in total. The Kier molecular flexibility index (Phi) is 9.43. The van der Waals surface area contributed by atoms with Crippen molar-refractivity contribution in [3.8, 4) is 0 Å². The van der Waals surface area contributed by atoms with E-state index in [-0.39, 0.29) is 11.8 Å². The minimum Gasteiger partial charge on any atom is -0.356 e. The maximum atomic E-state index is 11.6. The van der Waals surface area contributed by atoms with Gasteiger partial charge in [-0.25, -0.2) is 0 Å². The van der Waals surface area contributed by atoms with E-state index in [9.17, 15) is 9.59 Å². The summed E-state index contributed by atoms with van der Waals surface area (Å²) in [5.41, 5.74) is 5.34. The molecule has 0 aromatic carbocycles. The van der Waals surface area contributed by atoms with Gasteiger partial charge in [-0.3, -0.25) is 9.59 Å². The molecule has 0 aromatic rings. The van der Waals surface area contributed by atoms with Gasteiger partial charge < -0.3 is 16.0 Å². The van der Waals surface area contributed by atoms with E-state index < -0.39 is 0 Å². The zero-order valence-electron chi connectivity index (χ0n) is 11.0. The molecule has 0 aliphatic carbocycles. The zero-order valence-corrected chi connectivity index (χ0v) is 11.0. The van der Waals surface area contributed by atoms with Crippen LogP contribution in [0.3, 0.4) is 0 Å². The predicted molar refractivity (Wildman–Crippen MR) is 68.5 cm³/mol. The Labute approximate surface area is 104 Å². The molecule has 2 amide bonds. The minimum atomic E-state index is 0.00537. The quantitative estimate of drug-likeness (QED) is 0.579. The summed E-state index contributed by atoms with van der Waals surface area (Å²) in [5, 5.41) is 2.75. The largest absolute Gasteiger partial charge is 0.356 e. The van der Waals surface area contributed by atoms with Crippen LogP contribution in [0.1, 0.15) is 39.5 Å². The number of carbonyl (C=O) groups is 2. The lowest BCUT2D eigenvalue weighted by molar-refractivity contribution is -0.130. The maximum Gasteiger partial charge on any atom is 0.224 e. The molecule has 5 nitrogen and oxygen atoms in total. The van der Waals surface area contributed by atoms with E-state index in [0.29, 0.717) is 25.9 Å². The summed E-state index contributed by atoms with van der Waals surface area (Å²) in [5.74, 6) is 0.100. The molecule has 100 valence electrons. The lowest BCUT2D eigenvalue weighted by atomic mass is 10.2. The van der Waals surface area contributed by atoms with Gasteiger partial charge in [0.05, 0.1) is 0 Å². The van der Waals surface area contributed by atoms with Crippen LogP contribution >= 0.6 is 0 Å². The summed E-state index contributed by atoms with van der Waals surface area (Å²) in [6.07, 6.45) is 2.55. The number of nitrogens with two attached hydrogens (primary N) is 1. The van der Waals surface area contributed by atoms with Crippen molar-refractivity contribution in [2.45, 2.75) is 39.5 Å². The molecular formula is C12H25N3O2. The molecule has 5 heteroatoms. The van der Waals surface area contributed by atoms with E-state index in [1.54, 1.807) is 4.90 Å². The average Bonchev–Trinajstić information content (AvgIpc) is 2.31. The Morgan fingerprint density at radius 3 is 2.29 bits per heavy atom. The molecule has 0 rings (SSSR count). The Bertz CT molecular complexity index is 228. The van der Waals surface area contributed by atoms with Gasteiger partial charge in [0, 0.05) is 32.5 Å². The van der Waals surface area contributed by atoms with Gasteiger partial charge in [0.2, 0.25) is 11.8 Å². The molecule has 0 fully saturated rings. The number of hydrogen-bond acceptors (Lipinski definition) is 3. The second-order valence-corrected chi connectivity index (χ2v) is 3.91. The van der Waals surface area contributed by atoms with Crippen LogP contribution in [0.5, 0.6) is 0 Å². The van der Waals surface area contributed by atoms with E-state index in [2.05, 4.69) is 5.32 Å². The van der Waals surface area contributed by atoms with Gasteiger partial charge in [-0.15, -0.1) is 0 Å². The van der Waals surface area contributed by atoms with Crippen LogP contribution in [0.4, 0.5) is 0 Å². The summed E-state index contributed by atoms with van der Waals surface area (Å²) < 4.78 is 0. The molecule has 0 saturated heterocycles. The molecule has 0 unspecified atom stereocenters. The Hall–Kier alpha value is -1.10. The third-order valence-corrected chi connectivity index (χ3v) is 2.64. The number of nitrogens with one attached hydrogen (secondary N) is 1. The van der Waals surface area contributed by atoms with Crippen LogP contribution in [0.2, 0.25) is 0 Å². The molecule has 0 atom stereocenters. The van der Waals surface area contributed by atoms with E-state index in [1.165, 1.54) is 0 Å². The van der Waals surface area contributed by atoms with Crippen molar-refractivity contribution in [1.29, 1.82) is 0 Å². The third kappa shape index (κ3) is 7.74. The first kappa shape index (κ1) is 15.9. The molecule has 0 aromatic heterocycles. The first-order valence-electron chi connectivity index (χ1n) is 6.40. The van der Waals surface area contributed by atoms with Crippen molar-refractivity contribution < 1.29 is 9.59 Å². The van der Waals surface area contributed by atoms with Crippen molar-refractivity contribution in [2.75, 3.05) is 26.2 Å². The van der Waals surface area contributed by atoms with Gasteiger partial charge in [0.25, 0.3) is 0 Å². The topological polar surface area (TPSA) is 75.4 Å². The molecule has 0 aliphatic heterocycles. The fourth-order valence-corrected chi connectivity index (χ4v) is 1.56. The monoisotopic (exact) mass is 243 g/mol. The van der Waals surface area contributed by atoms with Crippen LogP contribution in [0.15, 0.2) is 0 Å². The first-order valence-corrected chi connectivity index (χ1v) is 6.40. The first-order chi connectivity index (χ1) is 8.15. The highest BCUT2D eigenvalue weighted by molar-refractivity contribution is 5.79. The Morgan fingerprint density at radius 2 is 1.76 bits per heavy atom. The second-order valence-electron chi connectivity index (χ2n) is 3.91. The highest BCUT2D eigenvalue weighted by Crippen LogP contribution is 1.95. The molecule has 0 heterocycles. The van der Waals surface area contributed by atoms with Gasteiger partial charge in [-0.2, -0.15) is 0 Å². The van der Waals surface area contributed by atoms with Crippen molar-refractivity contribution >= 4 is 11.8 Å². The normalized spacial score (nSPS) is 10.1. The van der Waals surface area contributed by atoms with Gasteiger partial charge in [-0.1, -0.05) is 0 Å². The molecule has 0 saturated carbocycles. The van der Waals surface area contributed by atoms with Crippen molar-refractivity contribution in [3.05, 3.63) is 0 Å². The molecule has 17 heavy (non-hydrogen) atoms. The summed E-state index contributed by atoms with van der Waals surface area (Å²) in [4.78, 5) is 24.7. The molecule has 0 spiro atoms. The smallest absolute Gasteiger partial charge is 0.224 e.